The lowest BCUT2D eigenvalue weighted by Crippen LogP contribution is -1.98. The lowest BCUT2D eigenvalue weighted by Gasteiger charge is -1.98. The zero-order valence-corrected chi connectivity index (χ0v) is 11.1. The van der Waals surface area contributed by atoms with Crippen LogP contribution in [0.15, 0.2) is 54.6 Å². The minimum Gasteiger partial charge on any atom is -0.131 e. The maximum Gasteiger partial charge on any atom is 0.198 e. The first kappa shape index (κ1) is 12.3. The molecular weight excluding hydrogens is 248 g/mol. The molecule has 2 aromatic carbocycles. The first-order valence-corrected chi connectivity index (χ1v) is 6.41. The van der Waals surface area contributed by atoms with Crippen LogP contribution < -0.4 is 0 Å². The fourth-order valence-corrected chi connectivity index (χ4v) is 1.89. The monoisotopic (exact) mass is 262 g/mol. The Morgan fingerprint density at radius 3 is 2.60 bits per heavy atom. The molecule has 0 fully saturated rings. The molecule has 0 radical (unpaired) electrons. The van der Waals surface area contributed by atoms with Crippen molar-refractivity contribution >= 4 is 12.2 Å². The summed E-state index contributed by atoms with van der Waals surface area (Å²) in [6, 6.07) is 18.0. The Morgan fingerprint density at radius 1 is 0.950 bits per heavy atom. The first-order valence-electron chi connectivity index (χ1n) is 6.41. The fraction of sp³-hybridized carbons (Fsp3) is 0.0625. The van der Waals surface area contributed by atoms with E-state index >= 15 is 0 Å². The first-order chi connectivity index (χ1) is 9.81. The molecule has 0 aliphatic rings. The molecule has 0 saturated carbocycles. The van der Waals surface area contributed by atoms with Gasteiger partial charge in [0.05, 0.1) is 5.69 Å². The third kappa shape index (κ3) is 2.80. The molecule has 3 aromatic rings. The van der Waals surface area contributed by atoms with Gasteiger partial charge < -0.3 is 0 Å². The molecule has 0 aliphatic carbocycles. The van der Waals surface area contributed by atoms with E-state index < -0.39 is 0 Å². The maximum absolute atomic E-state index is 4.34. The predicted molar refractivity (Wildman–Crippen MR) is 79.3 cm³/mol. The largest absolute Gasteiger partial charge is 0.198 e. The van der Waals surface area contributed by atoms with Crippen LogP contribution in [0.25, 0.3) is 17.8 Å². The third-order valence-electron chi connectivity index (χ3n) is 2.89. The molecule has 20 heavy (non-hydrogen) atoms. The van der Waals surface area contributed by atoms with Gasteiger partial charge in [0.25, 0.3) is 0 Å². The Labute approximate surface area is 117 Å². The van der Waals surface area contributed by atoms with Gasteiger partial charge >= 0.3 is 0 Å². The Hall–Kier alpha value is -2.75. The van der Waals surface area contributed by atoms with Crippen molar-refractivity contribution in [1.82, 2.24) is 20.2 Å². The Kier molecular flexibility index (Phi) is 3.37. The topological polar surface area (TPSA) is 43.6 Å². The average Bonchev–Trinajstić information content (AvgIpc) is 2.95. The number of aryl methyl sites for hydroxylation is 1. The Bertz CT molecular complexity index is 729. The number of hydrogen-bond acceptors (Lipinski definition) is 3. The van der Waals surface area contributed by atoms with Crippen molar-refractivity contribution in [2.45, 2.75) is 6.92 Å². The van der Waals surface area contributed by atoms with Crippen LogP contribution in [-0.4, -0.2) is 20.2 Å². The maximum atomic E-state index is 4.34. The molecule has 0 atom stereocenters. The van der Waals surface area contributed by atoms with E-state index in [-0.39, 0.29) is 0 Å². The molecule has 3 rings (SSSR count). The van der Waals surface area contributed by atoms with Crippen LogP contribution in [0, 0.1) is 6.92 Å². The molecule has 4 heteroatoms. The minimum absolute atomic E-state index is 0.593. The predicted octanol–water partition coefficient (Wildman–Crippen LogP) is 3.14. The number of rotatable bonds is 3. The van der Waals surface area contributed by atoms with Gasteiger partial charge in [-0.25, -0.2) is 0 Å². The van der Waals surface area contributed by atoms with Gasteiger partial charge in [0, 0.05) is 0 Å². The molecule has 0 bridgehead atoms. The van der Waals surface area contributed by atoms with Gasteiger partial charge in [0.1, 0.15) is 0 Å². The van der Waals surface area contributed by atoms with Crippen molar-refractivity contribution in [2.24, 2.45) is 0 Å². The van der Waals surface area contributed by atoms with Crippen molar-refractivity contribution in [3.63, 3.8) is 0 Å². The number of aromatic nitrogens is 4. The Morgan fingerprint density at radius 2 is 1.80 bits per heavy atom. The highest BCUT2D eigenvalue weighted by atomic mass is 15.6. The van der Waals surface area contributed by atoms with Crippen molar-refractivity contribution < 1.29 is 0 Å². The molecule has 0 N–H and O–H groups in total. The summed E-state index contributed by atoms with van der Waals surface area (Å²) in [6.07, 6.45) is 3.83. The lowest BCUT2D eigenvalue weighted by molar-refractivity contribution is 0.719. The van der Waals surface area contributed by atoms with Crippen LogP contribution in [-0.2, 0) is 0 Å². The van der Waals surface area contributed by atoms with Crippen molar-refractivity contribution in [3.8, 4) is 5.69 Å². The van der Waals surface area contributed by atoms with E-state index in [0.717, 1.165) is 11.3 Å². The molecule has 4 nitrogen and oxygen atoms in total. The molecular formula is C16H14N4. The normalized spacial score (nSPS) is 11.1. The summed E-state index contributed by atoms with van der Waals surface area (Å²) < 4.78 is 0. The third-order valence-corrected chi connectivity index (χ3v) is 2.89. The molecule has 0 saturated heterocycles. The van der Waals surface area contributed by atoms with Crippen molar-refractivity contribution in [1.29, 1.82) is 0 Å². The van der Waals surface area contributed by atoms with Gasteiger partial charge in [0.2, 0.25) is 0 Å². The van der Waals surface area contributed by atoms with E-state index in [0.29, 0.717) is 5.82 Å². The van der Waals surface area contributed by atoms with Gasteiger partial charge in [0.15, 0.2) is 5.82 Å². The summed E-state index contributed by atoms with van der Waals surface area (Å²) in [5.74, 6) is 0.593. The van der Waals surface area contributed by atoms with Crippen LogP contribution in [0.1, 0.15) is 17.0 Å². The highest BCUT2D eigenvalue weighted by Gasteiger charge is 2.01. The highest BCUT2D eigenvalue weighted by Crippen LogP contribution is 2.08. The standard InChI is InChI=1S/C16H14N4/c1-13-6-5-9-15(12-13)20-18-16(17-19-20)11-10-14-7-3-2-4-8-14/h2-12H,1H3/b11-10+. The summed E-state index contributed by atoms with van der Waals surface area (Å²) in [7, 11) is 0. The quantitative estimate of drug-likeness (QED) is 0.728. The van der Waals surface area contributed by atoms with E-state index in [4.69, 9.17) is 0 Å². The fourth-order valence-electron chi connectivity index (χ4n) is 1.89. The molecule has 1 heterocycles. The molecule has 0 unspecified atom stereocenters. The zero-order chi connectivity index (χ0) is 13.8. The zero-order valence-electron chi connectivity index (χ0n) is 11.1. The highest BCUT2D eigenvalue weighted by molar-refractivity contribution is 5.66. The van der Waals surface area contributed by atoms with Crippen LogP contribution >= 0.6 is 0 Å². The van der Waals surface area contributed by atoms with E-state index in [1.54, 1.807) is 0 Å². The van der Waals surface area contributed by atoms with Gasteiger partial charge in [-0.15, -0.1) is 15.0 Å². The van der Waals surface area contributed by atoms with Crippen LogP contribution in [0.2, 0.25) is 0 Å². The van der Waals surface area contributed by atoms with E-state index in [2.05, 4.69) is 15.4 Å². The lowest BCUT2D eigenvalue weighted by atomic mass is 10.2. The second-order valence-corrected chi connectivity index (χ2v) is 4.52. The Balaban J connectivity index is 1.82. The molecule has 0 amide bonds. The second kappa shape index (κ2) is 5.48. The smallest absolute Gasteiger partial charge is 0.131 e. The van der Waals surface area contributed by atoms with E-state index in [9.17, 15) is 0 Å². The van der Waals surface area contributed by atoms with Gasteiger partial charge in [-0.3, -0.25) is 0 Å². The summed E-state index contributed by atoms with van der Waals surface area (Å²) >= 11 is 0. The van der Waals surface area contributed by atoms with Crippen LogP contribution in [0.4, 0.5) is 0 Å². The van der Waals surface area contributed by atoms with E-state index in [1.807, 2.05) is 73.7 Å². The number of hydrogen-bond donors (Lipinski definition) is 0. The van der Waals surface area contributed by atoms with E-state index in [1.165, 1.54) is 10.4 Å². The number of nitrogens with zero attached hydrogens (tertiary/aromatic N) is 4. The SMILES string of the molecule is Cc1cccc(-n2nnc(/C=C/c3ccccc3)n2)c1. The molecule has 0 aliphatic heterocycles. The summed E-state index contributed by atoms with van der Waals surface area (Å²) in [4.78, 5) is 1.54. The molecule has 0 spiro atoms. The summed E-state index contributed by atoms with van der Waals surface area (Å²) in [5, 5.41) is 12.4. The summed E-state index contributed by atoms with van der Waals surface area (Å²) in [6.45, 7) is 2.04. The van der Waals surface area contributed by atoms with Gasteiger partial charge in [-0.05, 0) is 41.5 Å². The van der Waals surface area contributed by atoms with Crippen LogP contribution in [0.3, 0.4) is 0 Å². The average molecular weight is 262 g/mol. The van der Waals surface area contributed by atoms with Gasteiger partial charge in [-0.2, -0.15) is 0 Å². The molecule has 98 valence electrons. The van der Waals surface area contributed by atoms with Crippen molar-refractivity contribution in [3.05, 3.63) is 71.5 Å². The molecule has 1 aromatic heterocycles. The minimum atomic E-state index is 0.593. The number of benzene rings is 2. The van der Waals surface area contributed by atoms with Crippen molar-refractivity contribution in [2.75, 3.05) is 0 Å². The number of tetrazole rings is 1. The van der Waals surface area contributed by atoms with Crippen LogP contribution in [0.5, 0.6) is 0 Å². The second-order valence-electron chi connectivity index (χ2n) is 4.52. The van der Waals surface area contributed by atoms with Gasteiger partial charge in [-0.1, -0.05) is 48.5 Å². The summed E-state index contributed by atoms with van der Waals surface area (Å²) in [5.41, 5.74) is 3.19.